The largest absolute Gasteiger partial charge is 0.297 e. The topological polar surface area (TPSA) is 3.24 Å². The van der Waals surface area contributed by atoms with E-state index in [1.54, 1.807) is 0 Å². The molecule has 1 nitrogen and oxygen atoms in total. The molecule has 0 spiro atoms. The van der Waals surface area contributed by atoms with Gasteiger partial charge in [-0.1, -0.05) is 29.8 Å². The fourth-order valence-corrected chi connectivity index (χ4v) is 2.33. The van der Waals surface area contributed by atoms with Gasteiger partial charge < -0.3 is 0 Å². The van der Waals surface area contributed by atoms with Gasteiger partial charge in [0.15, 0.2) is 0 Å². The first-order valence-electron chi connectivity index (χ1n) is 5.15. The van der Waals surface area contributed by atoms with E-state index < -0.39 is 0 Å². The number of halogens is 1. The standard InChI is InChI=1S/C10H20BrN/c1-3-9(4-2)12(8-7-11)10-5-6-10/h9-10H,3-8H2,1-2H3. The zero-order chi connectivity index (χ0) is 8.97. The van der Waals surface area contributed by atoms with Crippen LogP contribution in [0.4, 0.5) is 0 Å². The van der Waals surface area contributed by atoms with Gasteiger partial charge in [-0.15, -0.1) is 0 Å². The van der Waals surface area contributed by atoms with Gasteiger partial charge in [0.2, 0.25) is 0 Å². The van der Waals surface area contributed by atoms with Gasteiger partial charge in [0, 0.05) is 24.0 Å². The van der Waals surface area contributed by atoms with Crippen LogP contribution in [0.3, 0.4) is 0 Å². The van der Waals surface area contributed by atoms with Crippen molar-refractivity contribution in [3.8, 4) is 0 Å². The molecule has 0 saturated heterocycles. The first kappa shape index (κ1) is 10.5. The normalized spacial score (nSPS) is 17.8. The van der Waals surface area contributed by atoms with Crippen LogP contribution in [0.2, 0.25) is 0 Å². The molecule has 0 unspecified atom stereocenters. The molecule has 1 aliphatic carbocycles. The summed E-state index contributed by atoms with van der Waals surface area (Å²) in [5.41, 5.74) is 0. The molecule has 0 aliphatic heterocycles. The van der Waals surface area contributed by atoms with Gasteiger partial charge in [-0.05, 0) is 25.7 Å². The lowest BCUT2D eigenvalue weighted by atomic mass is 10.1. The molecule has 1 rings (SSSR count). The Morgan fingerprint density at radius 1 is 1.33 bits per heavy atom. The maximum absolute atomic E-state index is 3.53. The molecule has 0 N–H and O–H groups in total. The second kappa shape index (κ2) is 5.23. The third-order valence-electron chi connectivity index (χ3n) is 2.77. The lowest BCUT2D eigenvalue weighted by Crippen LogP contribution is -2.37. The summed E-state index contributed by atoms with van der Waals surface area (Å²) >= 11 is 3.53. The molecule has 0 bridgehead atoms. The molecular weight excluding hydrogens is 214 g/mol. The molecular formula is C10H20BrN. The van der Waals surface area contributed by atoms with Crippen LogP contribution in [0.15, 0.2) is 0 Å². The molecule has 0 heterocycles. The summed E-state index contributed by atoms with van der Waals surface area (Å²) in [6, 6.07) is 1.75. The van der Waals surface area contributed by atoms with E-state index in [2.05, 4.69) is 34.7 Å². The molecule has 0 aromatic heterocycles. The molecule has 2 heteroatoms. The number of rotatable bonds is 6. The monoisotopic (exact) mass is 233 g/mol. The van der Waals surface area contributed by atoms with Crippen LogP contribution in [0.5, 0.6) is 0 Å². The molecule has 72 valence electrons. The summed E-state index contributed by atoms with van der Waals surface area (Å²) in [6.45, 7) is 5.84. The maximum Gasteiger partial charge on any atom is 0.0159 e. The Balaban J connectivity index is 2.38. The Morgan fingerprint density at radius 2 is 1.92 bits per heavy atom. The molecule has 0 aromatic carbocycles. The van der Waals surface area contributed by atoms with Gasteiger partial charge in [0.25, 0.3) is 0 Å². The number of hydrogen-bond acceptors (Lipinski definition) is 1. The third kappa shape index (κ3) is 2.74. The number of nitrogens with zero attached hydrogens (tertiary/aromatic N) is 1. The highest BCUT2D eigenvalue weighted by molar-refractivity contribution is 9.09. The zero-order valence-electron chi connectivity index (χ0n) is 8.22. The fraction of sp³-hybridized carbons (Fsp3) is 1.00. The lowest BCUT2D eigenvalue weighted by molar-refractivity contribution is 0.188. The van der Waals surface area contributed by atoms with E-state index in [1.807, 2.05) is 0 Å². The minimum absolute atomic E-state index is 0.829. The van der Waals surface area contributed by atoms with Crippen molar-refractivity contribution >= 4 is 15.9 Å². The Morgan fingerprint density at radius 3 is 2.25 bits per heavy atom. The molecule has 0 atom stereocenters. The predicted octanol–water partition coefficient (Wildman–Crippen LogP) is 3.03. The van der Waals surface area contributed by atoms with Gasteiger partial charge >= 0.3 is 0 Å². The SMILES string of the molecule is CCC(CC)N(CCBr)C1CC1. The molecule has 1 fully saturated rings. The van der Waals surface area contributed by atoms with E-state index in [1.165, 1.54) is 32.2 Å². The summed E-state index contributed by atoms with van der Waals surface area (Å²) in [4.78, 5) is 2.69. The minimum atomic E-state index is 0.829. The van der Waals surface area contributed by atoms with Crippen LogP contribution in [-0.4, -0.2) is 28.9 Å². The Labute approximate surface area is 84.6 Å². The quantitative estimate of drug-likeness (QED) is 0.638. The highest BCUT2D eigenvalue weighted by Gasteiger charge is 2.31. The third-order valence-corrected chi connectivity index (χ3v) is 3.12. The van der Waals surface area contributed by atoms with Crippen LogP contribution in [0, 0.1) is 0 Å². The van der Waals surface area contributed by atoms with E-state index >= 15 is 0 Å². The first-order chi connectivity index (χ1) is 5.83. The summed E-state index contributed by atoms with van der Waals surface area (Å²) in [7, 11) is 0. The first-order valence-corrected chi connectivity index (χ1v) is 6.27. The van der Waals surface area contributed by atoms with Crippen LogP contribution in [0.1, 0.15) is 39.5 Å². The smallest absolute Gasteiger partial charge is 0.0159 e. The minimum Gasteiger partial charge on any atom is -0.297 e. The molecule has 0 aromatic rings. The van der Waals surface area contributed by atoms with Crippen molar-refractivity contribution in [3.05, 3.63) is 0 Å². The van der Waals surface area contributed by atoms with Crippen molar-refractivity contribution in [2.45, 2.75) is 51.6 Å². The van der Waals surface area contributed by atoms with Gasteiger partial charge in [-0.25, -0.2) is 0 Å². The van der Waals surface area contributed by atoms with Gasteiger partial charge in [-0.3, -0.25) is 4.90 Å². The summed E-state index contributed by atoms with van der Waals surface area (Å²) in [5, 5.41) is 1.12. The summed E-state index contributed by atoms with van der Waals surface area (Å²) in [5.74, 6) is 0. The zero-order valence-corrected chi connectivity index (χ0v) is 9.81. The van der Waals surface area contributed by atoms with E-state index in [0.717, 1.165) is 17.4 Å². The fourth-order valence-electron chi connectivity index (χ4n) is 1.92. The van der Waals surface area contributed by atoms with Crippen molar-refractivity contribution in [1.29, 1.82) is 0 Å². The van der Waals surface area contributed by atoms with Crippen LogP contribution in [-0.2, 0) is 0 Å². The maximum atomic E-state index is 3.53. The van der Waals surface area contributed by atoms with Crippen molar-refractivity contribution in [2.75, 3.05) is 11.9 Å². The molecule has 0 radical (unpaired) electrons. The predicted molar refractivity (Wildman–Crippen MR) is 57.9 cm³/mol. The highest BCUT2D eigenvalue weighted by atomic mass is 79.9. The van der Waals surface area contributed by atoms with Crippen LogP contribution < -0.4 is 0 Å². The molecule has 1 aliphatic rings. The lowest BCUT2D eigenvalue weighted by Gasteiger charge is -2.29. The van der Waals surface area contributed by atoms with Crippen LogP contribution >= 0.6 is 15.9 Å². The van der Waals surface area contributed by atoms with Gasteiger partial charge in [-0.2, -0.15) is 0 Å². The van der Waals surface area contributed by atoms with Gasteiger partial charge in [0.05, 0.1) is 0 Å². The number of hydrogen-bond donors (Lipinski definition) is 0. The van der Waals surface area contributed by atoms with Crippen molar-refractivity contribution in [2.24, 2.45) is 0 Å². The molecule has 12 heavy (non-hydrogen) atoms. The molecule has 1 saturated carbocycles. The number of alkyl halides is 1. The van der Waals surface area contributed by atoms with Crippen LogP contribution in [0.25, 0.3) is 0 Å². The average molecular weight is 234 g/mol. The van der Waals surface area contributed by atoms with E-state index in [0.29, 0.717) is 0 Å². The second-order valence-corrected chi connectivity index (χ2v) is 4.42. The van der Waals surface area contributed by atoms with Crippen molar-refractivity contribution in [3.63, 3.8) is 0 Å². The highest BCUT2D eigenvalue weighted by Crippen LogP contribution is 2.30. The Hall–Kier alpha value is 0.440. The Bertz CT molecular complexity index is 119. The van der Waals surface area contributed by atoms with Gasteiger partial charge in [0.1, 0.15) is 0 Å². The summed E-state index contributed by atoms with van der Waals surface area (Å²) in [6.07, 6.45) is 5.48. The average Bonchev–Trinajstić information content (AvgIpc) is 2.88. The van der Waals surface area contributed by atoms with E-state index in [9.17, 15) is 0 Å². The summed E-state index contributed by atoms with van der Waals surface area (Å²) < 4.78 is 0. The second-order valence-electron chi connectivity index (χ2n) is 3.63. The Kier molecular flexibility index (Phi) is 4.59. The van der Waals surface area contributed by atoms with Crippen molar-refractivity contribution < 1.29 is 0 Å². The molecule has 0 amide bonds. The van der Waals surface area contributed by atoms with Crippen molar-refractivity contribution in [1.82, 2.24) is 4.90 Å². The van der Waals surface area contributed by atoms with E-state index in [4.69, 9.17) is 0 Å². The van der Waals surface area contributed by atoms with E-state index in [-0.39, 0.29) is 0 Å².